The summed E-state index contributed by atoms with van der Waals surface area (Å²) in [4.78, 5) is 15.7. The lowest BCUT2D eigenvalue weighted by Crippen LogP contribution is -2.06. The molecule has 2 aromatic heterocycles. The zero-order chi connectivity index (χ0) is 28.8. The molecule has 3 N–H and O–H groups in total. The number of hydrogen-bond donors (Lipinski definition) is 2. The Morgan fingerprint density at radius 1 is 1.02 bits per heavy atom. The minimum Gasteiger partial charge on any atom is -0.476 e. The van der Waals surface area contributed by atoms with Crippen LogP contribution in [0.25, 0.3) is 27.5 Å². The molecule has 1 aliphatic rings. The summed E-state index contributed by atoms with van der Waals surface area (Å²) in [6.07, 6.45) is 1.98. The topological polar surface area (TPSA) is 111 Å². The number of aromatic carboxylic acids is 1. The molecule has 0 spiro atoms. The van der Waals surface area contributed by atoms with Gasteiger partial charge in [0.05, 0.1) is 16.3 Å². The molecule has 6 rings (SSSR count). The van der Waals surface area contributed by atoms with Gasteiger partial charge in [-0.2, -0.15) is 5.10 Å². The van der Waals surface area contributed by atoms with E-state index in [-0.39, 0.29) is 28.5 Å². The zero-order valence-corrected chi connectivity index (χ0v) is 22.8. The summed E-state index contributed by atoms with van der Waals surface area (Å²) in [5.74, 6) is -2.69. The number of carbonyl (C=O) groups is 1. The number of nitrogens with zero attached hydrogens (tertiary/aromatic N) is 3. The van der Waals surface area contributed by atoms with Gasteiger partial charge >= 0.3 is 5.97 Å². The lowest BCUT2D eigenvalue weighted by atomic mass is 9.95. The maximum Gasteiger partial charge on any atom is 0.355 e. The van der Waals surface area contributed by atoms with Crippen molar-refractivity contribution in [3.63, 3.8) is 0 Å². The number of nitrogens with two attached hydrogens (primary N) is 1. The van der Waals surface area contributed by atoms with Crippen LogP contribution in [0, 0.1) is 17.5 Å². The standard InChI is InChI=1S/C29H21F3N4O3S2/c30-19-7-4-16(5-8-19)20-13-18(6-9-22(20)31)26-21(11-15-1-10-25(41(33)39)23(32)12-15)27(17-2-3-17)36(35-26)29-34-24(14-40-29)28(37)38/h1,4-10,12-14,17H,2-3,11,33H2,(H,37,38). The van der Waals surface area contributed by atoms with Gasteiger partial charge in [-0.15, -0.1) is 11.3 Å². The Bertz CT molecular complexity index is 1830. The molecule has 1 fully saturated rings. The summed E-state index contributed by atoms with van der Waals surface area (Å²) in [5, 5.41) is 21.5. The number of hydrogen-bond acceptors (Lipinski definition) is 5. The summed E-state index contributed by atoms with van der Waals surface area (Å²) >= 11 is 1.13. The Balaban J connectivity index is 1.54. The van der Waals surface area contributed by atoms with Gasteiger partial charge in [0.25, 0.3) is 0 Å². The Hall–Kier alpha value is -4.13. The third-order valence-corrected chi connectivity index (χ3v) is 8.45. The third kappa shape index (κ3) is 5.33. The molecule has 1 atom stereocenters. The van der Waals surface area contributed by atoms with Crippen LogP contribution in [0.4, 0.5) is 13.2 Å². The fourth-order valence-corrected chi connectivity index (χ4v) is 6.01. The minimum atomic E-state index is -1.98. The molecule has 0 radical (unpaired) electrons. The van der Waals surface area contributed by atoms with Crippen molar-refractivity contribution in [2.24, 2.45) is 5.14 Å². The lowest BCUT2D eigenvalue weighted by molar-refractivity contribution is 0.0691. The first kappa shape index (κ1) is 27.1. The highest BCUT2D eigenvalue weighted by molar-refractivity contribution is 7.82. The van der Waals surface area contributed by atoms with E-state index in [1.807, 2.05) is 0 Å². The van der Waals surface area contributed by atoms with Crippen LogP contribution in [0.2, 0.25) is 0 Å². The van der Waals surface area contributed by atoms with Gasteiger partial charge in [-0.3, -0.25) is 0 Å². The quantitative estimate of drug-likeness (QED) is 0.221. The first-order chi connectivity index (χ1) is 19.7. The highest BCUT2D eigenvalue weighted by Gasteiger charge is 2.34. The summed E-state index contributed by atoms with van der Waals surface area (Å²) < 4.78 is 56.5. The maximum atomic E-state index is 15.0. The first-order valence-electron chi connectivity index (χ1n) is 12.5. The van der Waals surface area contributed by atoms with E-state index in [0.717, 1.165) is 35.4 Å². The van der Waals surface area contributed by atoms with Crippen LogP contribution in [-0.2, 0) is 17.4 Å². The van der Waals surface area contributed by atoms with E-state index in [2.05, 4.69) is 4.98 Å². The number of rotatable bonds is 8. The van der Waals surface area contributed by atoms with Gasteiger partial charge in [-0.1, -0.05) is 18.2 Å². The minimum absolute atomic E-state index is 0.112. The highest BCUT2D eigenvalue weighted by Crippen LogP contribution is 2.46. The van der Waals surface area contributed by atoms with Crippen LogP contribution in [0.3, 0.4) is 0 Å². The molecule has 0 amide bonds. The zero-order valence-electron chi connectivity index (χ0n) is 21.2. The SMILES string of the molecule is NS(=O)c1ccc(Cc2c(-c3ccc(F)c(-c4ccc(F)cc4)c3)nn(-c3nc(C(=O)O)cs3)c2C2CC2)cc1F. The highest BCUT2D eigenvalue weighted by atomic mass is 32.2. The second kappa shape index (κ2) is 10.7. The molecule has 1 aliphatic carbocycles. The Kier molecular flexibility index (Phi) is 7.06. The summed E-state index contributed by atoms with van der Waals surface area (Å²) in [6.45, 7) is 0. The van der Waals surface area contributed by atoms with Gasteiger partial charge in [-0.05, 0) is 66.4 Å². The number of carboxylic acids is 1. The van der Waals surface area contributed by atoms with Crippen LogP contribution >= 0.6 is 11.3 Å². The van der Waals surface area contributed by atoms with E-state index in [4.69, 9.17) is 10.2 Å². The van der Waals surface area contributed by atoms with Crippen molar-refractivity contribution in [3.05, 3.63) is 106 Å². The summed E-state index contributed by atoms with van der Waals surface area (Å²) in [6, 6.07) is 14.3. The molecule has 41 heavy (non-hydrogen) atoms. The molecular weight excluding hydrogens is 573 g/mol. The smallest absolute Gasteiger partial charge is 0.355 e. The van der Waals surface area contributed by atoms with Gasteiger partial charge in [0.2, 0.25) is 5.13 Å². The summed E-state index contributed by atoms with van der Waals surface area (Å²) in [7, 11) is -1.98. The van der Waals surface area contributed by atoms with Crippen molar-refractivity contribution in [3.8, 4) is 27.5 Å². The first-order valence-corrected chi connectivity index (χ1v) is 14.6. The monoisotopic (exact) mass is 594 g/mol. The second-order valence-electron chi connectivity index (χ2n) is 9.66. The number of carboxylic acid groups (broad SMARTS) is 1. The molecule has 12 heteroatoms. The summed E-state index contributed by atoms with van der Waals surface area (Å²) in [5.41, 5.74) is 3.81. The fraction of sp³-hybridized carbons (Fsp3) is 0.138. The van der Waals surface area contributed by atoms with Crippen molar-refractivity contribution >= 4 is 28.3 Å². The van der Waals surface area contributed by atoms with Crippen LogP contribution in [0.5, 0.6) is 0 Å². The molecule has 1 saturated carbocycles. The van der Waals surface area contributed by atoms with Gasteiger partial charge in [0.1, 0.15) is 28.4 Å². The maximum absolute atomic E-state index is 15.0. The van der Waals surface area contributed by atoms with E-state index in [0.29, 0.717) is 27.5 Å². The van der Waals surface area contributed by atoms with Crippen LogP contribution in [-0.4, -0.2) is 30.0 Å². The largest absolute Gasteiger partial charge is 0.476 e. The van der Waals surface area contributed by atoms with Gasteiger partial charge in [0.15, 0.2) is 5.69 Å². The number of halogens is 3. The molecule has 7 nitrogen and oxygen atoms in total. The molecule has 2 heterocycles. The predicted octanol–water partition coefficient (Wildman–Crippen LogP) is 6.23. The van der Waals surface area contributed by atoms with E-state index in [9.17, 15) is 27.3 Å². The fourth-order valence-electron chi connectivity index (χ4n) is 4.80. The van der Waals surface area contributed by atoms with Crippen molar-refractivity contribution in [1.82, 2.24) is 14.8 Å². The molecular formula is C29H21F3N4O3S2. The van der Waals surface area contributed by atoms with Gasteiger partial charge in [0, 0.05) is 34.4 Å². The third-order valence-electron chi connectivity index (χ3n) is 6.87. The Morgan fingerprint density at radius 3 is 2.39 bits per heavy atom. The van der Waals surface area contributed by atoms with E-state index < -0.39 is 34.4 Å². The normalized spacial score (nSPS) is 13.9. The second-order valence-corrected chi connectivity index (χ2v) is 11.5. The molecule has 0 saturated heterocycles. The molecule has 3 aromatic carbocycles. The van der Waals surface area contributed by atoms with Crippen molar-refractivity contribution in [2.45, 2.75) is 30.1 Å². The van der Waals surface area contributed by atoms with E-state index in [1.54, 1.807) is 22.9 Å². The number of aromatic nitrogens is 3. The Labute approximate surface area is 238 Å². The van der Waals surface area contributed by atoms with Crippen LogP contribution < -0.4 is 5.14 Å². The number of thiazole rings is 1. The average Bonchev–Trinajstić information content (AvgIpc) is 3.52. The van der Waals surface area contributed by atoms with Crippen molar-refractivity contribution in [2.75, 3.05) is 0 Å². The lowest BCUT2D eigenvalue weighted by Gasteiger charge is -2.10. The van der Waals surface area contributed by atoms with Gasteiger partial charge in [-0.25, -0.2) is 37.0 Å². The van der Waals surface area contributed by atoms with E-state index >= 15 is 0 Å². The van der Waals surface area contributed by atoms with Crippen LogP contribution in [0.15, 0.2) is 70.9 Å². The van der Waals surface area contributed by atoms with E-state index in [1.165, 1.54) is 47.8 Å². The van der Waals surface area contributed by atoms with Crippen LogP contribution in [0.1, 0.15) is 46.1 Å². The molecule has 0 aliphatic heterocycles. The number of benzene rings is 3. The average molecular weight is 595 g/mol. The Morgan fingerprint density at radius 2 is 1.76 bits per heavy atom. The van der Waals surface area contributed by atoms with Crippen molar-refractivity contribution < 1.29 is 27.3 Å². The molecule has 5 aromatic rings. The molecule has 0 bridgehead atoms. The predicted molar refractivity (Wildman–Crippen MR) is 149 cm³/mol. The molecule has 1 unspecified atom stereocenters. The molecule has 208 valence electrons. The van der Waals surface area contributed by atoms with Crippen molar-refractivity contribution in [1.29, 1.82) is 0 Å². The van der Waals surface area contributed by atoms with Gasteiger partial charge < -0.3 is 5.11 Å².